The molecule has 0 amide bonds. The zero-order valence-corrected chi connectivity index (χ0v) is 30.8. The Morgan fingerprint density at radius 3 is 1.76 bits per heavy atom. The number of carboxylic acid groups (broad SMARTS) is 2. The fraction of sp³-hybridized carbons (Fsp3) is 0.135. The van der Waals surface area contributed by atoms with Gasteiger partial charge in [0.25, 0.3) is 0 Å². The van der Waals surface area contributed by atoms with Crippen LogP contribution in [0.4, 0.5) is 0 Å². The molecule has 0 spiro atoms. The highest BCUT2D eigenvalue weighted by Crippen LogP contribution is 2.34. The highest BCUT2D eigenvalue weighted by Gasteiger charge is 2.15. The first kappa shape index (κ1) is 37.8. The van der Waals surface area contributed by atoms with Crippen LogP contribution in [-0.2, 0) is 9.59 Å². The van der Waals surface area contributed by atoms with E-state index in [0.29, 0.717) is 62.4 Å². The lowest BCUT2D eigenvalue weighted by molar-refractivity contribution is -0.134. The summed E-state index contributed by atoms with van der Waals surface area (Å²) in [7, 11) is 0. The molecule has 0 aliphatic heterocycles. The average molecular weight is 787 g/mol. The highest BCUT2D eigenvalue weighted by atomic mass is 35.5. The molecule has 0 atom stereocenters. The number of H-pyrrole nitrogens is 2. The zero-order chi connectivity index (χ0) is 37.9. The Labute approximate surface area is 321 Å². The smallest absolute Gasteiger partial charge is 0.313 e. The molecule has 7 rings (SSSR count). The van der Waals surface area contributed by atoms with Crippen molar-refractivity contribution >= 4 is 47.1 Å². The number of nitrogens with zero attached hydrogens (tertiary/aromatic N) is 4. The molecule has 7 aromatic rings. The van der Waals surface area contributed by atoms with Crippen LogP contribution in [0.2, 0.25) is 5.02 Å². The summed E-state index contributed by atoms with van der Waals surface area (Å²) in [6.45, 7) is 2.64. The van der Waals surface area contributed by atoms with Crippen LogP contribution in [0.15, 0.2) is 116 Å². The maximum Gasteiger partial charge on any atom is 0.313 e. The van der Waals surface area contributed by atoms with Gasteiger partial charge in [-0.15, -0.1) is 10.2 Å². The molecule has 0 unspecified atom stereocenters. The third-order valence-electron chi connectivity index (χ3n) is 7.05. The molecular weight excluding hydrogens is 756 g/mol. The molecule has 0 saturated heterocycles. The van der Waals surface area contributed by atoms with Crippen molar-refractivity contribution in [3.05, 3.63) is 102 Å². The lowest BCUT2D eigenvalue weighted by Crippen LogP contribution is -1.97. The fourth-order valence-electron chi connectivity index (χ4n) is 4.63. The van der Waals surface area contributed by atoms with Crippen LogP contribution in [0.1, 0.15) is 13.3 Å². The van der Waals surface area contributed by atoms with Gasteiger partial charge in [-0.3, -0.25) is 19.8 Å². The number of aromatic amines is 2. The molecule has 3 aromatic carbocycles. The lowest BCUT2D eigenvalue weighted by Gasteiger charge is -2.07. The van der Waals surface area contributed by atoms with Gasteiger partial charge in [0.2, 0.25) is 10.3 Å². The summed E-state index contributed by atoms with van der Waals surface area (Å²) in [5, 5.41) is 32.1. The van der Waals surface area contributed by atoms with Crippen molar-refractivity contribution in [1.29, 1.82) is 0 Å². The van der Waals surface area contributed by atoms with Gasteiger partial charge in [-0.2, -0.15) is 9.97 Å². The molecule has 4 aromatic heterocycles. The van der Waals surface area contributed by atoms with Crippen LogP contribution in [0.5, 0.6) is 17.2 Å². The normalized spacial score (nSPS) is 10.8. The van der Waals surface area contributed by atoms with Crippen molar-refractivity contribution < 1.29 is 38.1 Å². The van der Waals surface area contributed by atoms with Crippen LogP contribution in [0, 0.1) is 0 Å². The summed E-state index contributed by atoms with van der Waals surface area (Å²) >= 11 is 8.33. The topological polar surface area (TPSA) is 202 Å². The summed E-state index contributed by atoms with van der Waals surface area (Å²) in [6, 6.07) is 29.8. The second-order valence-electron chi connectivity index (χ2n) is 11.1. The first-order valence-electron chi connectivity index (χ1n) is 16.2. The molecule has 0 aliphatic carbocycles. The first-order chi connectivity index (χ1) is 26.2. The van der Waals surface area contributed by atoms with Crippen molar-refractivity contribution in [2.24, 2.45) is 0 Å². The van der Waals surface area contributed by atoms with Gasteiger partial charge in [-0.25, -0.2) is 0 Å². The van der Waals surface area contributed by atoms with E-state index >= 15 is 0 Å². The number of aliphatic carboxylic acids is 2. The minimum Gasteiger partial charge on any atom is -0.492 e. The second kappa shape index (κ2) is 18.2. The Hall–Kier alpha value is -5.97. The Morgan fingerprint density at radius 2 is 1.22 bits per heavy atom. The van der Waals surface area contributed by atoms with E-state index in [1.54, 1.807) is 24.3 Å². The van der Waals surface area contributed by atoms with Crippen LogP contribution >= 0.6 is 35.1 Å². The third-order valence-corrected chi connectivity index (χ3v) is 9.01. The number of hydrogen-bond donors (Lipinski definition) is 4. The van der Waals surface area contributed by atoms with Gasteiger partial charge in [-0.1, -0.05) is 60.2 Å². The number of para-hydroxylation sites is 1. The number of nitrogens with one attached hydrogen (secondary N) is 2. The molecule has 276 valence electrons. The summed E-state index contributed by atoms with van der Waals surface area (Å²) in [5.41, 5.74) is 1.71. The second-order valence-corrected chi connectivity index (χ2v) is 13.4. The maximum absolute atomic E-state index is 10.6. The van der Waals surface area contributed by atoms with E-state index in [1.807, 2.05) is 79.7 Å². The lowest BCUT2D eigenvalue weighted by atomic mass is 10.1. The van der Waals surface area contributed by atoms with E-state index in [9.17, 15) is 9.59 Å². The molecule has 0 saturated carbocycles. The molecular formula is C37H31ClN6O8S2. The van der Waals surface area contributed by atoms with Crippen LogP contribution < -0.4 is 9.47 Å². The van der Waals surface area contributed by atoms with Crippen molar-refractivity contribution in [2.45, 2.75) is 23.7 Å². The summed E-state index contributed by atoms with van der Waals surface area (Å²) in [4.78, 5) is 29.7. The Balaban J connectivity index is 0.000000185. The molecule has 4 heterocycles. The third kappa shape index (κ3) is 10.3. The number of thioether (sulfide) groups is 2. The molecule has 54 heavy (non-hydrogen) atoms. The van der Waals surface area contributed by atoms with Crippen molar-refractivity contribution in [3.8, 4) is 63.1 Å². The summed E-state index contributed by atoms with van der Waals surface area (Å²) < 4.78 is 23.0. The number of furan rings is 2. The quantitative estimate of drug-likeness (QED) is 0.0717. The Bertz CT molecular complexity index is 2310. The minimum atomic E-state index is -0.926. The van der Waals surface area contributed by atoms with Gasteiger partial charge in [0, 0.05) is 11.1 Å². The van der Waals surface area contributed by atoms with Gasteiger partial charge in [0.1, 0.15) is 28.8 Å². The highest BCUT2D eigenvalue weighted by molar-refractivity contribution is 8.00. The van der Waals surface area contributed by atoms with E-state index in [1.165, 1.54) is 0 Å². The van der Waals surface area contributed by atoms with Crippen LogP contribution in [0.3, 0.4) is 0 Å². The molecule has 0 bridgehead atoms. The SMILES string of the molecule is CCCOc1ccc(-c2ccc(-c3nc(SCC(=O)O)n[nH]3)o2)cc1Cl.O=C(O)CSc1n[nH]c(-c2ccc(-c3ccc(Oc4ccccc4)cc3)o2)n1. The minimum absolute atomic E-state index is 0.0991. The standard InChI is InChI=1S/C20H15N3O4S.C17H16ClN3O4S/c24-18(25)12-28-20-21-19(22-23-20)17-11-10-16(27-17)13-6-8-15(9-7-13)26-14-4-2-1-3-5-14;1-2-7-24-13-4-3-10(8-11(13)18)12-5-6-14(25-12)16-19-17(21-20-16)26-9-15(22)23/h1-11H,12H2,(H,24,25)(H,21,22,23);3-6,8H,2,7,9H2,1H3,(H,22,23)(H,19,20,21). The van der Waals surface area contributed by atoms with Gasteiger partial charge in [0.15, 0.2) is 23.2 Å². The first-order valence-corrected chi connectivity index (χ1v) is 18.6. The number of carbonyl (C=O) groups is 2. The Kier molecular flexibility index (Phi) is 12.7. The van der Waals surface area contributed by atoms with E-state index in [4.69, 9.17) is 40.1 Å². The van der Waals surface area contributed by atoms with Crippen molar-refractivity contribution in [1.82, 2.24) is 30.4 Å². The molecule has 0 radical (unpaired) electrons. The van der Waals surface area contributed by atoms with E-state index < -0.39 is 11.9 Å². The van der Waals surface area contributed by atoms with Crippen LogP contribution in [-0.4, -0.2) is 70.6 Å². The summed E-state index contributed by atoms with van der Waals surface area (Å²) in [6.07, 6.45) is 0.906. The number of aromatic nitrogens is 6. The molecule has 17 heteroatoms. The number of halogens is 1. The summed E-state index contributed by atoms with van der Waals surface area (Å²) in [5.74, 6) is 3.30. The average Bonchev–Trinajstić information content (AvgIpc) is 4.01. The van der Waals surface area contributed by atoms with Gasteiger partial charge >= 0.3 is 11.9 Å². The van der Waals surface area contributed by atoms with Crippen LogP contribution in [0.25, 0.3) is 45.8 Å². The predicted octanol–water partition coefficient (Wildman–Crippen LogP) is 9.05. The monoisotopic (exact) mass is 786 g/mol. The fourth-order valence-corrected chi connectivity index (χ4v) is 5.90. The predicted molar refractivity (Wildman–Crippen MR) is 203 cm³/mol. The van der Waals surface area contributed by atoms with Gasteiger partial charge in [-0.05, 0) is 85.3 Å². The molecule has 0 aliphatic rings. The number of ether oxygens (including phenoxy) is 2. The van der Waals surface area contributed by atoms with Crippen molar-refractivity contribution in [2.75, 3.05) is 18.1 Å². The van der Waals surface area contributed by atoms with Gasteiger partial charge in [0.05, 0.1) is 23.1 Å². The van der Waals surface area contributed by atoms with Gasteiger partial charge < -0.3 is 28.5 Å². The van der Waals surface area contributed by atoms with E-state index in [0.717, 1.165) is 52.6 Å². The van der Waals surface area contributed by atoms with Crippen molar-refractivity contribution in [3.63, 3.8) is 0 Å². The number of rotatable bonds is 15. The largest absolute Gasteiger partial charge is 0.492 e. The molecule has 4 N–H and O–H groups in total. The molecule has 0 fully saturated rings. The number of hydrogen-bond acceptors (Lipinski definition) is 12. The molecule has 14 nitrogen and oxygen atoms in total. The zero-order valence-electron chi connectivity index (χ0n) is 28.4. The maximum atomic E-state index is 10.6. The Morgan fingerprint density at radius 1 is 0.704 bits per heavy atom. The number of benzene rings is 3. The van der Waals surface area contributed by atoms with E-state index in [-0.39, 0.29) is 11.5 Å². The number of carboxylic acids is 2. The van der Waals surface area contributed by atoms with E-state index in [2.05, 4.69) is 30.4 Å².